The zero-order valence-electron chi connectivity index (χ0n) is 15.8. The average Bonchev–Trinajstić information content (AvgIpc) is 2.94. The normalized spacial score (nSPS) is 16.0. The zero-order valence-corrected chi connectivity index (χ0v) is 16.7. The van der Waals surface area contributed by atoms with Crippen LogP contribution in [0.15, 0.2) is 46.3 Å². The first-order valence-electron chi connectivity index (χ1n) is 9.46. The van der Waals surface area contributed by atoms with Crippen molar-refractivity contribution in [2.45, 2.75) is 26.3 Å². The molecule has 1 fully saturated rings. The second-order valence-electron chi connectivity index (χ2n) is 6.77. The van der Waals surface area contributed by atoms with Crippen LogP contribution in [-0.4, -0.2) is 52.8 Å². The van der Waals surface area contributed by atoms with Crippen LogP contribution < -0.4 is 0 Å². The van der Waals surface area contributed by atoms with E-state index in [1.165, 1.54) is 5.56 Å². The molecule has 2 heterocycles. The number of carbonyl (C=O) groups is 1. The Morgan fingerprint density at radius 1 is 1.22 bits per heavy atom. The molecule has 0 spiro atoms. The maximum absolute atomic E-state index is 12.5. The number of hydrogen-bond donors (Lipinski definition) is 0. The first kappa shape index (κ1) is 19.7. The SMILES string of the molecule is Cc1cc(CN2CCCN(C(=O)CCS/C=C\c3ccccc3)CC2)no1. The van der Waals surface area contributed by atoms with Gasteiger partial charge < -0.3 is 9.42 Å². The Hall–Kier alpha value is -2.05. The summed E-state index contributed by atoms with van der Waals surface area (Å²) in [4.78, 5) is 16.9. The van der Waals surface area contributed by atoms with Crippen LogP contribution in [0.2, 0.25) is 0 Å². The number of rotatable bonds is 7. The van der Waals surface area contributed by atoms with Crippen LogP contribution in [0.1, 0.15) is 29.9 Å². The predicted molar refractivity (Wildman–Crippen MR) is 110 cm³/mol. The molecule has 1 saturated heterocycles. The van der Waals surface area contributed by atoms with Crippen molar-refractivity contribution < 1.29 is 9.32 Å². The van der Waals surface area contributed by atoms with E-state index in [1.54, 1.807) is 11.8 Å². The Bertz CT molecular complexity index is 745. The lowest BCUT2D eigenvalue weighted by Gasteiger charge is -2.21. The van der Waals surface area contributed by atoms with Gasteiger partial charge in [-0.15, -0.1) is 11.8 Å². The molecular weight excluding hydrogens is 358 g/mol. The van der Waals surface area contributed by atoms with Crippen molar-refractivity contribution in [2.24, 2.45) is 0 Å². The highest BCUT2D eigenvalue weighted by atomic mass is 32.2. The summed E-state index contributed by atoms with van der Waals surface area (Å²) in [6.07, 6.45) is 3.68. The third-order valence-electron chi connectivity index (χ3n) is 4.59. The lowest BCUT2D eigenvalue weighted by Crippen LogP contribution is -2.35. The maximum atomic E-state index is 12.5. The first-order chi connectivity index (χ1) is 13.2. The summed E-state index contributed by atoms with van der Waals surface area (Å²) in [5.41, 5.74) is 2.15. The first-order valence-corrected chi connectivity index (χ1v) is 10.5. The summed E-state index contributed by atoms with van der Waals surface area (Å²) in [5, 5.41) is 6.14. The molecule has 2 aromatic rings. The summed E-state index contributed by atoms with van der Waals surface area (Å²) >= 11 is 1.69. The number of thioether (sulfide) groups is 1. The van der Waals surface area contributed by atoms with Gasteiger partial charge in [-0.3, -0.25) is 9.69 Å². The zero-order chi connectivity index (χ0) is 18.9. The van der Waals surface area contributed by atoms with Crippen LogP contribution in [0.25, 0.3) is 6.08 Å². The molecule has 0 unspecified atom stereocenters. The molecule has 0 saturated carbocycles. The van der Waals surface area contributed by atoms with E-state index in [0.29, 0.717) is 6.42 Å². The molecule has 0 atom stereocenters. The lowest BCUT2D eigenvalue weighted by atomic mass is 10.2. The van der Waals surface area contributed by atoms with Crippen LogP contribution >= 0.6 is 11.8 Å². The van der Waals surface area contributed by atoms with Gasteiger partial charge >= 0.3 is 0 Å². The number of carbonyl (C=O) groups excluding carboxylic acids is 1. The summed E-state index contributed by atoms with van der Waals surface area (Å²) < 4.78 is 5.14. The molecule has 0 aliphatic carbocycles. The third kappa shape index (κ3) is 6.56. The quantitative estimate of drug-likeness (QED) is 0.678. The summed E-state index contributed by atoms with van der Waals surface area (Å²) in [7, 11) is 0. The number of hydrogen-bond acceptors (Lipinski definition) is 5. The van der Waals surface area contributed by atoms with Crippen molar-refractivity contribution in [3.8, 4) is 0 Å². The molecule has 6 heteroatoms. The molecule has 27 heavy (non-hydrogen) atoms. The molecule has 1 aliphatic heterocycles. The minimum atomic E-state index is 0.259. The Kier molecular flexibility index (Phi) is 7.54. The average molecular weight is 386 g/mol. The topological polar surface area (TPSA) is 49.6 Å². The third-order valence-corrected chi connectivity index (χ3v) is 5.36. The van der Waals surface area contributed by atoms with Gasteiger partial charge in [-0.05, 0) is 30.4 Å². The predicted octanol–water partition coefficient (Wildman–Crippen LogP) is 3.81. The molecule has 5 nitrogen and oxygen atoms in total. The molecule has 3 rings (SSSR count). The molecular formula is C21H27N3O2S. The van der Waals surface area contributed by atoms with Gasteiger partial charge in [0, 0.05) is 51.0 Å². The highest BCUT2D eigenvalue weighted by molar-refractivity contribution is 8.02. The van der Waals surface area contributed by atoms with Gasteiger partial charge in [-0.2, -0.15) is 0 Å². The molecule has 0 radical (unpaired) electrons. The van der Waals surface area contributed by atoms with Crippen molar-refractivity contribution in [2.75, 3.05) is 31.9 Å². The number of amides is 1. The number of aryl methyl sites for hydroxylation is 1. The van der Waals surface area contributed by atoms with E-state index in [9.17, 15) is 4.79 Å². The summed E-state index contributed by atoms with van der Waals surface area (Å²) in [6, 6.07) is 12.2. The molecule has 144 valence electrons. The fraction of sp³-hybridized carbons (Fsp3) is 0.429. The minimum absolute atomic E-state index is 0.259. The van der Waals surface area contributed by atoms with Crippen LogP contribution in [-0.2, 0) is 11.3 Å². The van der Waals surface area contributed by atoms with Gasteiger partial charge in [-0.1, -0.05) is 35.5 Å². The Labute approximate surface area is 165 Å². The number of nitrogens with zero attached hydrogens (tertiary/aromatic N) is 3. The Balaban J connectivity index is 1.37. The van der Waals surface area contributed by atoms with Crippen LogP contribution in [0.5, 0.6) is 0 Å². The molecule has 0 bridgehead atoms. The van der Waals surface area contributed by atoms with E-state index in [4.69, 9.17) is 4.52 Å². The second kappa shape index (κ2) is 10.3. The lowest BCUT2D eigenvalue weighted by molar-refractivity contribution is -0.130. The molecule has 1 aliphatic rings. The highest BCUT2D eigenvalue weighted by Gasteiger charge is 2.19. The number of aromatic nitrogens is 1. The van der Waals surface area contributed by atoms with Crippen molar-refractivity contribution in [3.05, 3.63) is 58.8 Å². The molecule has 1 aromatic carbocycles. The van der Waals surface area contributed by atoms with Gasteiger partial charge in [0.25, 0.3) is 0 Å². The van der Waals surface area contributed by atoms with Crippen molar-refractivity contribution in [1.29, 1.82) is 0 Å². The van der Waals surface area contributed by atoms with Crippen molar-refractivity contribution in [1.82, 2.24) is 15.0 Å². The van der Waals surface area contributed by atoms with E-state index < -0.39 is 0 Å². The van der Waals surface area contributed by atoms with Crippen molar-refractivity contribution >= 4 is 23.7 Å². The minimum Gasteiger partial charge on any atom is -0.361 e. The van der Waals surface area contributed by atoms with Crippen LogP contribution in [0.3, 0.4) is 0 Å². The second-order valence-corrected chi connectivity index (χ2v) is 7.79. The molecule has 1 amide bonds. The largest absolute Gasteiger partial charge is 0.361 e. The molecule has 0 N–H and O–H groups in total. The summed E-state index contributed by atoms with van der Waals surface area (Å²) in [6.45, 7) is 6.22. The van der Waals surface area contributed by atoms with Gasteiger partial charge in [0.15, 0.2) is 0 Å². The van der Waals surface area contributed by atoms with E-state index in [0.717, 1.165) is 56.4 Å². The monoisotopic (exact) mass is 385 g/mol. The number of benzene rings is 1. The van der Waals surface area contributed by atoms with Gasteiger partial charge in [0.1, 0.15) is 5.76 Å². The maximum Gasteiger partial charge on any atom is 0.223 e. The van der Waals surface area contributed by atoms with E-state index in [-0.39, 0.29) is 5.91 Å². The Morgan fingerprint density at radius 2 is 2.07 bits per heavy atom. The van der Waals surface area contributed by atoms with Gasteiger partial charge in [0.2, 0.25) is 5.91 Å². The van der Waals surface area contributed by atoms with E-state index >= 15 is 0 Å². The van der Waals surface area contributed by atoms with Crippen LogP contribution in [0.4, 0.5) is 0 Å². The van der Waals surface area contributed by atoms with Crippen molar-refractivity contribution in [3.63, 3.8) is 0 Å². The van der Waals surface area contributed by atoms with E-state index in [2.05, 4.69) is 33.7 Å². The fourth-order valence-electron chi connectivity index (χ4n) is 3.16. The Morgan fingerprint density at radius 3 is 2.85 bits per heavy atom. The van der Waals surface area contributed by atoms with Crippen LogP contribution in [0, 0.1) is 6.92 Å². The molecule has 1 aromatic heterocycles. The van der Waals surface area contributed by atoms with Gasteiger partial charge in [0.05, 0.1) is 5.69 Å². The smallest absolute Gasteiger partial charge is 0.223 e. The van der Waals surface area contributed by atoms with E-state index in [1.807, 2.05) is 36.1 Å². The highest BCUT2D eigenvalue weighted by Crippen LogP contribution is 2.13. The summed E-state index contributed by atoms with van der Waals surface area (Å²) in [5.74, 6) is 1.92. The standard InChI is InChI=1S/C21H27N3O2S/c1-18-16-20(22-26-18)17-23-10-5-11-24(13-12-23)21(25)9-15-27-14-8-19-6-3-2-4-7-19/h2-4,6-8,14,16H,5,9-13,15,17H2,1H3/b14-8-. The van der Waals surface area contributed by atoms with Gasteiger partial charge in [-0.25, -0.2) is 0 Å². The fourth-order valence-corrected chi connectivity index (χ4v) is 3.85.